The van der Waals surface area contributed by atoms with Gasteiger partial charge in [0.05, 0.1) is 19.0 Å². The molecule has 0 spiro atoms. The van der Waals surface area contributed by atoms with Crippen molar-refractivity contribution in [3.8, 4) is 17.1 Å². The number of hydrogen-bond acceptors (Lipinski definition) is 5. The van der Waals surface area contributed by atoms with Gasteiger partial charge in [-0.05, 0) is 6.07 Å². The molecule has 0 atom stereocenters. The summed E-state index contributed by atoms with van der Waals surface area (Å²) in [5, 5.41) is 8.11. The number of aromatic nitrogens is 4. The van der Waals surface area contributed by atoms with E-state index in [9.17, 15) is 0 Å². The first-order chi connectivity index (χ1) is 7.22. The third-order valence-electron chi connectivity index (χ3n) is 1.98. The Morgan fingerprint density at radius 3 is 2.87 bits per heavy atom. The van der Waals surface area contributed by atoms with Crippen molar-refractivity contribution >= 4 is 5.69 Å². The van der Waals surface area contributed by atoms with Crippen LogP contribution in [0.1, 0.15) is 0 Å². The topological polar surface area (TPSA) is 78.9 Å². The average Bonchev–Trinajstić information content (AvgIpc) is 2.64. The van der Waals surface area contributed by atoms with Gasteiger partial charge >= 0.3 is 0 Å². The maximum absolute atomic E-state index is 5.76. The monoisotopic (exact) mass is 205 g/mol. The van der Waals surface area contributed by atoms with Crippen LogP contribution in [0.25, 0.3) is 11.4 Å². The Morgan fingerprint density at radius 1 is 1.47 bits per heavy atom. The summed E-state index contributed by atoms with van der Waals surface area (Å²) in [5.41, 5.74) is 7.53. The summed E-state index contributed by atoms with van der Waals surface area (Å²) < 4.78 is 5.18. The Kier molecular flexibility index (Phi) is 2.24. The number of pyridine rings is 1. The molecule has 0 aliphatic rings. The van der Waals surface area contributed by atoms with E-state index in [1.165, 1.54) is 4.80 Å². The summed E-state index contributed by atoms with van der Waals surface area (Å²) in [4.78, 5) is 5.63. The number of hydrogen-bond donors (Lipinski definition) is 1. The number of aryl methyl sites for hydroxylation is 1. The van der Waals surface area contributed by atoms with Crippen molar-refractivity contribution in [3.63, 3.8) is 0 Å². The number of ether oxygens (including phenoxy) is 1. The van der Waals surface area contributed by atoms with E-state index in [-0.39, 0.29) is 0 Å². The molecule has 0 aliphatic carbocycles. The zero-order valence-electron chi connectivity index (χ0n) is 8.51. The summed E-state index contributed by atoms with van der Waals surface area (Å²) in [5.74, 6) is 0.526. The van der Waals surface area contributed by atoms with Gasteiger partial charge in [-0.25, -0.2) is 0 Å². The van der Waals surface area contributed by atoms with E-state index in [4.69, 9.17) is 10.5 Å². The van der Waals surface area contributed by atoms with Crippen molar-refractivity contribution in [2.24, 2.45) is 7.05 Å². The molecule has 15 heavy (non-hydrogen) atoms. The first-order valence-electron chi connectivity index (χ1n) is 4.37. The van der Waals surface area contributed by atoms with Crippen LogP contribution in [0.15, 0.2) is 18.5 Å². The largest absolute Gasteiger partial charge is 0.492 e. The molecule has 78 valence electrons. The van der Waals surface area contributed by atoms with E-state index < -0.39 is 0 Å². The molecule has 2 aromatic rings. The molecule has 0 aliphatic heterocycles. The molecule has 0 fully saturated rings. The van der Waals surface area contributed by atoms with Gasteiger partial charge in [0.2, 0.25) is 0 Å². The quantitative estimate of drug-likeness (QED) is 0.770. The lowest BCUT2D eigenvalue weighted by atomic mass is 10.2. The van der Waals surface area contributed by atoms with Crippen LogP contribution >= 0.6 is 0 Å². The fraction of sp³-hybridized carbons (Fsp3) is 0.222. The van der Waals surface area contributed by atoms with Gasteiger partial charge in [-0.1, -0.05) is 0 Å². The summed E-state index contributed by atoms with van der Waals surface area (Å²) in [6, 6.07) is 1.68. The Hall–Kier alpha value is -2.11. The van der Waals surface area contributed by atoms with E-state index in [2.05, 4.69) is 15.2 Å². The van der Waals surface area contributed by atoms with Crippen molar-refractivity contribution in [1.82, 2.24) is 20.0 Å². The Balaban J connectivity index is 2.57. The number of rotatable bonds is 2. The lowest BCUT2D eigenvalue weighted by Crippen LogP contribution is -1.98. The second kappa shape index (κ2) is 3.56. The van der Waals surface area contributed by atoms with Crippen LogP contribution in [-0.4, -0.2) is 27.1 Å². The number of methoxy groups -OCH3 is 1. The van der Waals surface area contributed by atoms with Gasteiger partial charge in [-0.2, -0.15) is 15.0 Å². The lowest BCUT2D eigenvalue weighted by molar-refractivity contribution is 0.417. The Labute approximate surface area is 86.7 Å². The average molecular weight is 205 g/mol. The molecule has 0 unspecified atom stereocenters. The molecule has 2 aromatic heterocycles. The van der Waals surface area contributed by atoms with Crippen LogP contribution in [0.3, 0.4) is 0 Å². The second-order valence-electron chi connectivity index (χ2n) is 3.00. The highest BCUT2D eigenvalue weighted by atomic mass is 16.5. The number of nitrogen functional groups attached to an aromatic ring is 1. The fourth-order valence-corrected chi connectivity index (χ4v) is 1.31. The molecular formula is C9H11N5O. The van der Waals surface area contributed by atoms with Crippen molar-refractivity contribution in [1.29, 1.82) is 0 Å². The van der Waals surface area contributed by atoms with Crippen molar-refractivity contribution in [2.75, 3.05) is 12.8 Å². The molecule has 0 aromatic carbocycles. The van der Waals surface area contributed by atoms with E-state index in [1.807, 2.05) is 0 Å². The molecule has 2 N–H and O–H groups in total. The highest BCUT2D eigenvalue weighted by Crippen LogP contribution is 2.30. The minimum Gasteiger partial charge on any atom is -0.492 e. The van der Waals surface area contributed by atoms with Crippen LogP contribution in [0.5, 0.6) is 5.75 Å². The molecule has 6 nitrogen and oxygen atoms in total. The highest BCUT2D eigenvalue weighted by molar-refractivity contribution is 5.70. The molecule has 0 amide bonds. The van der Waals surface area contributed by atoms with E-state index in [0.29, 0.717) is 22.8 Å². The zero-order valence-corrected chi connectivity index (χ0v) is 8.51. The van der Waals surface area contributed by atoms with Crippen LogP contribution < -0.4 is 10.5 Å². The first-order valence-corrected chi connectivity index (χ1v) is 4.37. The Bertz CT molecular complexity index is 479. The Morgan fingerprint density at radius 2 is 2.27 bits per heavy atom. The van der Waals surface area contributed by atoms with Crippen LogP contribution in [0, 0.1) is 0 Å². The standard InChI is InChI=1S/C9H11N5O/c1-14-12-5-7(13-14)8-9(15-2)6(10)3-4-11-8/h3-5H,1-2H3,(H2,10,11). The normalized spacial score (nSPS) is 10.3. The molecule has 2 heterocycles. The van der Waals surface area contributed by atoms with E-state index in [0.717, 1.165) is 0 Å². The first kappa shape index (κ1) is 9.45. The van der Waals surface area contributed by atoms with Gasteiger partial charge in [0, 0.05) is 13.2 Å². The predicted octanol–water partition coefficient (Wildman–Crippen LogP) is 0.468. The minimum atomic E-state index is 0.526. The molecule has 0 saturated heterocycles. The molecule has 0 saturated carbocycles. The number of nitrogens with two attached hydrogens (primary N) is 1. The summed E-state index contributed by atoms with van der Waals surface area (Å²) in [7, 11) is 3.29. The molecule has 2 rings (SSSR count). The molecule has 6 heteroatoms. The van der Waals surface area contributed by atoms with Gasteiger partial charge in [-0.3, -0.25) is 4.98 Å². The third-order valence-corrected chi connectivity index (χ3v) is 1.98. The highest BCUT2D eigenvalue weighted by Gasteiger charge is 2.12. The summed E-state index contributed by atoms with van der Waals surface area (Å²) in [6.07, 6.45) is 3.23. The van der Waals surface area contributed by atoms with Crippen LogP contribution in [-0.2, 0) is 7.05 Å². The third kappa shape index (κ3) is 1.61. The SMILES string of the molecule is COc1c(N)ccnc1-c1cnn(C)n1. The van der Waals surface area contributed by atoms with Gasteiger partial charge in [-0.15, -0.1) is 0 Å². The fourth-order valence-electron chi connectivity index (χ4n) is 1.31. The molecular weight excluding hydrogens is 194 g/mol. The maximum Gasteiger partial charge on any atom is 0.169 e. The van der Waals surface area contributed by atoms with E-state index >= 15 is 0 Å². The van der Waals surface area contributed by atoms with Gasteiger partial charge in [0.25, 0.3) is 0 Å². The van der Waals surface area contributed by atoms with Crippen LogP contribution in [0.2, 0.25) is 0 Å². The number of anilines is 1. The summed E-state index contributed by atoms with van der Waals surface area (Å²) in [6.45, 7) is 0. The van der Waals surface area contributed by atoms with Gasteiger partial charge in [0.1, 0.15) is 11.4 Å². The smallest absolute Gasteiger partial charge is 0.169 e. The van der Waals surface area contributed by atoms with Gasteiger partial charge in [0.15, 0.2) is 5.75 Å². The summed E-state index contributed by atoms with van der Waals surface area (Å²) >= 11 is 0. The number of nitrogens with zero attached hydrogens (tertiary/aromatic N) is 4. The molecule has 0 radical (unpaired) electrons. The molecule has 0 bridgehead atoms. The predicted molar refractivity (Wildman–Crippen MR) is 55.2 cm³/mol. The lowest BCUT2D eigenvalue weighted by Gasteiger charge is -2.06. The minimum absolute atomic E-state index is 0.526. The van der Waals surface area contributed by atoms with Gasteiger partial charge < -0.3 is 10.5 Å². The zero-order chi connectivity index (χ0) is 10.8. The van der Waals surface area contributed by atoms with E-state index in [1.54, 1.807) is 32.6 Å². The van der Waals surface area contributed by atoms with Crippen molar-refractivity contribution in [3.05, 3.63) is 18.5 Å². The second-order valence-corrected chi connectivity index (χ2v) is 3.00. The van der Waals surface area contributed by atoms with Crippen molar-refractivity contribution in [2.45, 2.75) is 0 Å². The van der Waals surface area contributed by atoms with Crippen molar-refractivity contribution < 1.29 is 4.74 Å². The van der Waals surface area contributed by atoms with Crippen LogP contribution in [0.4, 0.5) is 5.69 Å². The maximum atomic E-state index is 5.76.